The smallest absolute Gasteiger partial charge is 0.289 e. The van der Waals surface area contributed by atoms with Crippen molar-refractivity contribution in [3.63, 3.8) is 0 Å². The number of benzene rings is 1. The van der Waals surface area contributed by atoms with Crippen LogP contribution in [-0.4, -0.2) is 68.3 Å². The number of nitrogens with zero attached hydrogens (tertiary/aromatic N) is 3. The summed E-state index contributed by atoms with van der Waals surface area (Å²) >= 11 is 7.99. The second kappa shape index (κ2) is 8.55. The first-order chi connectivity index (χ1) is 13.6. The molecule has 4 rings (SSSR count). The van der Waals surface area contributed by atoms with Crippen LogP contribution in [-0.2, 0) is 14.3 Å². The van der Waals surface area contributed by atoms with Gasteiger partial charge in [0.05, 0.1) is 15.2 Å². The van der Waals surface area contributed by atoms with Crippen molar-refractivity contribution in [3.05, 3.63) is 34.7 Å². The summed E-state index contributed by atoms with van der Waals surface area (Å²) in [5.74, 6) is 0.0286. The largest absolute Gasteiger partial charge is 0.494 e. The SMILES string of the molecule is Cc1ccc(Cl)c2sc(N3CCN(CCNC(=O)C4=COCCO4)CC3)nc12. The van der Waals surface area contributed by atoms with Crippen molar-refractivity contribution in [2.75, 3.05) is 57.4 Å². The molecule has 1 saturated heterocycles. The number of nitrogens with one attached hydrogen (secondary N) is 1. The number of carbonyl (C=O) groups excluding carboxylic acids is 1. The average Bonchev–Trinajstić information content (AvgIpc) is 3.19. The van der Waals surface area contributed by atoms with Crippen molar-refractivity contribution in [2.45, 2.75) is 6.92 Å². The Balaban J connectivity index is 1.27. The molecule has 0 atom stereocenters. The molecule has 1 aromatic carbocycles. The number of carbonyl (C=O) groups is 1. The van der Waals surface area contributed by atoms with Crippen LogP contribution in [0.5, 0.6) is 0 Å². The van der Waals surface area contributed by atoms with Crippen LogP contribution in [0.25, 0.3) is 10.2 Å². The molecule has 1 N–H and O–H groups in total. The summed E-state index contributed by atoms with van der Waals surface area (Å²) in [4.78, 5) is 21.5. The van der Waals surface area contributed by atoms with Gasteiger partial charge in [-0.3, -0.25) is 9.69 Å². The molecule has 1 fully saturated rings. The second-order valence-electron chi connectivity index (χ2n) is 6.82. The third-order valence-electron chi connectivity index (χ3n) is 4.92. The number of amides is 1. The third-order valence-corrected chi connectivity index (χ3v) is 6.49. The fourth-order valence-corrected chi connectivity index (χ4v) is 4.66. The number of piperazine rings is 1. The zero-order chi connectivity index (χ0) is 19.5. The van der Waals surface area contributed by atoms with Gasteiger partial charge < -0.3 is 19.7 Å². The molecule has 3 heterocycles. The second-order valence-corrected chi connectivity index (χ2v) is 8.21. The van der Waals surface area contributed by atoms with Crippen LogP contribution in [0.1, 0.15) is 5.56 Å². The van der Waals surface area contributed by atoms with Gasteiger partial charge in [-0.25, -0.2) is 4.98 Å². The van der Waals surface area contributed by atoms with E-state index in [0.29, 0.717) is 19.8 Å². The van der Waals surface area contributed by atoms with E-state index in [9.17, 15) is 4.79 Å². The summed E-state index contributed by atoms with van der Waals surface area (Å²) in [5, 5.41) is 4.67. The minimum absolute atomic E-state index is 0.222. The van der Waals surface area contributed by atoms with Crippen molar-refractivity contribution in [1.29, 1.82) is 0 Å². The molecule has 0 spiro atoms. The van der Waals surface area contributed by atoms with Crippen molar-refractivity contribution in [3.8, 4) is 0 Å². The highest BCUT2D eigenvalue weighted by molar-refractivity contribution is 7.22. The van der Waals surface area contributed by atoms with Gasteiger partial charge in [-0.1, -0.05) is 29.0 Å². The lowest BCUT2D eigenvalue weighted by atomic mass is 10.2. The fourth-order valence-electron chi connectivity index (χ4n) is 3.29. The van der Waals surface area contributed by atoms with Gasteiger partial charge in [-0.2, -0.15) is 0 Å². The Labute approximate surface area is 172 Å². The van der Waals surface area contributed by atoms with Crippen LogP contribution in [0.4, 0.5) is 5.13 Å². The molecule has 1 amide bonds. The van der Waals surface area contributed by atoms with Crippen LogP contribution in [0, 0.1) is 6.92 Å². The molecule has 0 radical (unpaired) electrons. The highest BCUT2D eigenvalue weighted by atomic mass is 35.5. The van der Waals surface area contributed by atoms with Crippen molar-refractivity contribution >= 4 is 44.2 Å². The Morgan fingerprint density at radius 2 is 2.11 bits per heavy atom. The molecule has 2 aliphatic heterocycles. The fraction of sp³-hybridized carbons (Fsp3) is 0.474. The van der Waals surface area contributed by atoms with Gasteiger partial charge in [-0.05, 0) is 18.6 Å². The van der Waals surface area contributed by atoms with Crippen LogP contribution in [0.2, 0.25) is 5.02 Å². The first-order valence-electron chi connectivity index (χ1n) is 9.37. The molecule has 1 aromatic heterocycles. The lowest BCUT2D eigenvalue weighted by Gasteiger charge is -2.34. The first kappa shape index (κ1) is 19.3. The lowest BCUT2D eigenvalue weighted by molar-refractivity contribution is -0.122. The molecule has 7 nitrogen and oxygen atoms in total. The number of fused-ring (bicyclic) bond motifs is 1. The average molecular weight is 423 g/mol. The number of hydrogen-bond donors (Lipinski definition) is 1. The summed E-state index contributed by atoms with van der Waals surface area (Å²) in [6, 6.07) is 3.95. The van der Waals surface area contributed by atoms with Gasteiger partial charge in [0.25, 0.3) is 5.91 Å². The van der Waals surface area contributed by atoms with Gasteiger partial charge >= 0.3 is 0 Å². The van der Waals surface area contributed by atoms with E-state index in [1.807, 2.05) is 12.1 Å². The zero-order valence-electron chi connectivity index (χ0n) is 15.7. The van der Waals surface area contributed by atoms with Crippen LogP contribution < -0.4 is 10.2 Å². The van der Waals surface area contributed by atoms with Gasteiger partial charge in [0.15, 0.2) is 5.13 Å². The Kier molecular flexibility index (Phi) is 5.89. The standard InChI is InChI=1S/C19H23ClN4O3S/c1-13-2-3-14(20)17-16(13)22-19(28-17)24-8-6-23(7-9-24)5-4-21-18(25)15-12-26-10-11-27-15/h2-3,12H,4-11H2,1H3,(H,21,25). The molecule has 0 aliphatic carbocycles. The van der Waals surface area contributed by atoms with Gasteiger partial charge in [0.2, 0.25) is 5.76 Å². The molecule has 0 unspecified atom stereocenters. The predicted octanol–water partition coefficient (Wildman–Crippen LogP) is 2.38. The highest BCUT2D eigenvalue weighted by Gasteiger charge is 2.21. The quantitative estimate of drug-likeness (QED) is 0.798. The number of ether oxygens (including phenoxy) is 2. The van der Waals surface area contributed by atoms with Gasteiger partial charge in [0, 0.05) is 39.3 Å². The molecular formula is C19H23ClN4O3S. The maximum absolute atomic E-state index is 12.0. The minimum atomic E-state index is -0.222. The number of hydrogen-bond acceptors (Lipinski definition) is 7. The number of anilines is 1. The van der Waals surface area contributed by atoms with Gasteiger partial charge in [0.1, 0.15) is 19.5 Å². The maximum Gasteiger partial charge on any atom is 0.289 e. The van der Waals surface area contributed by atoms with Crippen molar-refractivity contribution in [2.24, 2.45) is 0 Å². The summed E-state index contributed by atoms with van der Waals surface area (Å²) in [5.41, 5.74) is 2.15. The number of aromatic nitrogens is 1. The van der Waals surface area contributed by atoms with Crippen LogP contribution in [0.3, 0.4) is 0 Å². The summed E-state index contributed by atoms with van der Waals surface area (Å²) in [6.07, 6.45) is 1.38. The summed E-state index contributed by atoms with van der Waals surface area (Å²) in [6.45, 7) is 8.03. The lowest BCUT2D eigenvalue weighted by Crippen LogP contribution is -2.48. The molecule has 2 aliphatic rings. The predicted molar refractivity (Wildman–Crippen MR) is 111 cm³/mol. The van der Waals surface area contributed by atoms with E-state index in [-0.39, 0.29) is 11.7 Å². The number of rotatable bonds is 5. The van der Waals surface area contributed by atoms with Crippen molar-refractivity contribution in [1.82, 2.24) is 15.2 Å². The van der Waals surface area contributed by atoms with E-state index < -0.39 is 0 Å². The Hall–Kier alpha value is -2.03. The van der Waals surface area contributed by atoms with E-state index in [1.165, 1.54) is 6.26 Å². The van der Waals surface area contributed by atoms with Crippen LogP contribution in [0.15, 0.2) is 24.2 Å². The molecule has 0 bridgehead atoms. The van der Waals surface area contributed by atoms with E-state index in [1.54, 1.807) is 11.3 Å². The molecule has 0 saturated carbocycles. The van der Waals surface area contributed by atoms with E-state index >= 15 is 0 Å². The van der Waals surface area contributed by atoms with Gasteiger partial charge in [-0.15, -0.1) is 0 Å². The maximum atomic E-state index is 12.0. The molecular weight excluding hydrogens is 400 g/mol. The van der Waals surface area contributed by atoms with E-state index in [4.69, 9.17) is 26.1 Å². The number of aryl methyl sites for hydroxylation is 1. The third kappa shape index (κ3) is 4.19. The topological polar surface area (TPSA) is 66.9 Å². The Morgan fingerprint density at radius 1 is 1.29 bits per heavy atom. The Bertz CT molecular complexity index is 854. The molecule has 2 aromatic rings. The molecule has 28 heavy (non-hydrogen) atoms. The highest BCUT2D eigenvalue weighted by Crippen LogP contribution is 2.35. The first-order valence-corrected chi connectivity index (χ1v) is 10.6. The van der Waals surface area contributed by atoms with E-state index in [2.05, 4.69) is 22.0 Å². The number of halogens is 1. The summed E-state index contributed by atoms with van der Waals surface area (Å²) < 4.78 is 11.4. The zero-order valence-corrected chi connectivity index (χ0v) is 17.3. The normalized spacial score (nSPS) is 17.8. The number of thiazole rings is 1. The van der Waals surface area contributed by atoms with Crippen molar-refractivity contribution < 1.29 is 14.3 Å². The monoisotopic (exact) mass is 422 g/mol. The Morgan fingerprint density at radius 3 is 2.82 bits per heavy atom. The summed E-state index contributed by atoms with van der Waals surface area (Å²) in [7, 11) is 0. The molecule has 150 valence electrons. The molecule has 9 heteroatoms. The van der Waals surface area contributed by atoms with Crippen LogP contribution >= 0.6 is 22.9 Å². The minimum Gasteiger partial charge on any atom is -0.494 e. The van der Waals surface area contributed by atoms with E-state index in [0.717, 1.165) is 58.7 Å².